The van der Waals surface area contributed by atoms with Crippen LogP contribution in [0.15, 0.2) is 261 Å². The van der Waals surface area contributed by atoms with Crippen LogP contribution in [-0.2, 0) is 0 Å². The Kier molecular flexibility index (Phi) is 10.2. The zero-order valence-corrected chi connectivity index (χ0v) is 36.7. The highest BCUT2D eigenvalue weighted by Gasteiger charge is 2.22. The maximum Gasteiger partial charge on any atom is 0.160 e. The van der Waals surface area contributed by atoms with Gasteiger partial charge in [-0.25, -0.2) is 9.97 Å². The number of rotatable bonds is 9. The summed E-state index contributed by atoms with van der Waals surface area (Å²) in [7, 11) is 0. The van der Waals surface area contributed by atoms with Gasteiger partial charge >= 0.3 is 0 Å². The van der Waals surface area contributed by atoms with Crippen LogP contribution in [0.2, 0.25) is 0 Å². The van der Waals surface area contributed by atoms with Crippen molar-refractivity contribution in [3.05, 3.63) is 261 Å². The van der Waals surface area contributed by atoms with Gasteiger partial charge < -0.3 is 4.57 Å². The Bertz CT molecular complexity index is 3650. The molecule has 0 unspecified atom stereocenters. The Hall–Kier alpha value is -8.92. The summed E-state index contributed by atoms with van der Waals surface area (Å²) in [4.78, 5) is 11.1. The van der Waals surface area contributed by atoms with E-state index in [9.17, 15) is 0 Å². The maximum atomic E-state index is 5.57. The highest BCUT2D eigenvalue weighted by Crippen LogP contribution is 2.41. The molecule has 0 aliphatic heterocycles. The normalized spacial score (nSPS) is 11.3. The topological polar surface area (TPSA) is 30.7 Å². The lowest BCUT2D eigenvalue weighted by atomic mass is 9.89. The number of benzene rings is 10. The molecule has 0 spiro atoms. The molecule has 3 heteroatoms. The quantitative estimate of drug-likeness (QED) is 0.145. The molecule has 3 nitrogen and oxygen atoms in total. The summed E-state index contributed by atoms with van der Waals surface area (Å²) in [6.07, 6.45) is 0. The summed E-state index contributed by atoms with van der Waals surface area (Å²) >= 11 is 0. The van der Waals surface area contributed by atoms with E-state index in [1.54, 1.807) is 0 Å². The second-order valence-electron chi connectivity index (χ2n) is 17.0. The van der Waals surface area contributed by atoms with Crippen LogP contribution in [0.3, 0.4) is 0 Å². The average molecular weight is 854 g/mol. The van der Waals surface area contributed by atoms with Crippen LogP contribution in [0.1, 0.15) is 0 Å². The fourth-order valence-electron chi connectivity index (χ4n) is 9.48. The van der Waals surface area contributed by atoms with Crippen LogP contribution >= 0.6 is 0 Å². The van der Waals surface area contributed by atoms with Crippen molar-refractivity contribution in [3.63, 3.8) is 0 Å². The van der Waals surface area contributed by atoms with Gasteiger partial charge in [0.25, 0.3) is 0 Å². The van der Waals surface area contributed by atoms with Crippen LogP contribution in [0.5, 0.6) is 0 Å². The van der Waals surface area contributed by atoms with Gasteiger partial charge in [0.15, 0.2) is 5.82 Å². The Labute approximate surface area is 390 Å². The lowest BCUT2D eigenvalue weighted by Crippen LogP contribution is -2.00. The average Bonchev–Trinajstić information content (AvgIpc) is 3.76. The van der Waals surface area contributed by atoms with Gasteiger partial charge in [-0.05, 0) is 133 Å². The predicted octanol–water partition coefficient (Wildman–Crippen LogP) is 16.9. The zero-order chi connectivity index (χ0) is 44.5. The third kappa shape index (κ3) is 7.69. The lowest BCUT2D eigenvalue weighted by molar-refractivity contribution is 1.15. The SMILES string of the molecule is c1ccc(-c2cc(-c3ccccc3)cc(-c3cc(-c4ccccc4)cc(-c4cccc(-c5nc(-c6cccc(-c7ccccc7)c6)c6c(n5)c5ccccc5n6-c5ccccc5)c4)c3)c2)cc1. The molecule has 2 aromatic heterocycles. The number of para-hydroxylation sites is 2. The first-order valence-electron chi connectivity index (χ1n) is 22.8. The van der Waals surface area contributed by atoms with Gasteiger partial charge in [-0.2, -0.15) is 0 Å². The molecule has 0 amide bonds. The van der Waals surface area contributed by atoms with E-state index in [0.29, 0.717) is 5.82 Å². The first-order chi connectivity index (χ1) is 33.2. The summed E-state index contributed by atoms with van der Waals surface area (Å²) < 4.78 is 2.32. The van der Waals surface area contributed by atoms with E-state index in [0.717, 1.165) is 89.0 Å². The molecule has 2 heterocycles. The molecule has 10 aromatic carbocycles. The third-order valence-corrected chi connectivity index (χ3v) is 12.7. The van der Waals surface area contributed by atoms with E-state index in [1.165, 1.54) is 22.3 Å². The van der Waals surface area contributed by atoms with Gasteiger partial charge in [-0.15, -0.1) is 0 Å². The molecule has 0 aliphatic carbocycles. The maximum absolute atomic E-state index is 5.57. The highest BCUT2D eigenvalue weighted by atomic mass is 15.0. The molecule has 314 valence electrons. The van der Waals surface area contributed by atoms with Gasteiger partial charge in [0.05, 0.1) is 16.7 Å². The fourth-order valence-corrected chi connectivity index (χ4v) is 9.48. The molecule has 12 aromatic rings. The van der Waals surface area contributed by atoms with Crippen molar-refractivity contribution in [2.75, 3.05) is 0 Å². The molecule has 0 N–H and O–H groups in total. The largest absolute Gasteiger partial charge is 0.306 e. The summed E-state index contributed by atoms with van der Waals surface area (Å²) in [5.74, 6) is 0.674. The monoisotopic (exact) mass is 853 g/mol. The first kappa shape index (κ1) is 39.7. The van der Waals surface area contributed by atoms with Gasteiger partial charge in [0.1, 0.15) is 5.52 Å². The van der Waals surface area contributed by atoms with Crippen molar-refractivity contribution < 1.29 is 0 Å². The lowest BCUT2D eigenvalue weighted by Gasteiger charge is -2.15. The van der Waals surface area contributed by atoms with Gasteiger partial charge in [0.2, 0.25) is 0 Å². The number of fused-ring (bicyclic) bond motifs is 3. The van der Waals surface area contributed by atoms with Crippen molar-refractivity contribution >= 4 is 21.9 Å². The number of aromatic nitrogens is 3. The molecule has 12 rings (SSSR count). The molecule has 0 saturated heterocycles. The molecule has 0 bridgehead atoms. The van der Waals surface area contributed by atoms with Crippen LogP contribution < -0.4 is 0 Å². The Morgan fingerprint density at radius 1 is 0.254 bits per heavy atom. The minimum absolute atomic E-state index is 0.674. The smallest absolute Gasteiger partial charge is 0.160 e. The van der Waals surface area contributed by atoms with Crippen LogP contribution in [0.25, 0.3) is 117 Å². The van der Waals surface area contributed by atoms with E-state index >= 15 is 0 Å². The van der Waals surface area contributed by atoms with Crippen molar-refractivity contribution in [1.82, 2.24) is 14.5 Å². The van der Waals surface area contributed by atoms with Crippen molar-refractivity contribution in [3.8, 4) is 95.1 Å². The van der Waals surface area contributed by atoms with Crippen LogP contribution in [0, 0.1) is 0 Å². The van der Waals surface area contributed by atoms with E-state index in [2.05, 4.69) is 265 Å². The van der Waals surface area contributed by atoms with Crippen LogP contribution in [-0.4, -0.2) is 14.5 Å². The van der Waals surface area contributed by atoms with Crippen molar-refractivity contribution in [1.29, 1.82) is 0 Å². The standard InChI is InChI=1S/C64H43N3/c1-6-20-44(21-7-1)48-28-18-30-50(36-48)61-63-62(59-34-16-17-35-60(59)67(63)58-32-14-5-15-33-58)66-64(65-61)51-31-19-29-49(37-51)55-39-54(47-26-12-4-13-27-47)42-57(43-55)56-40-52(45-22-8-2-9-23-45)38-53(41-56)46-24-10-3-11-25-46/h1-43H. The second kappa shape index (κ2) is 17.2. The number of hydrogen-bond donors (Lipinski definition) is 0. The number of hydrogen-bond acceptors (Lipinski definition) is 2. The van der Waals surface area contributed by atoms with Crippen molar-refractivity contribution in [2.24, 2.45) is 0 Å². The zero-order valence-electron chi connectivity index (χ0n) is 36.7. The summed E-state index contributed by atoms with van der Waals surface area (Å²) in [5.41, 5.74) is 20.7. The molecule has 0 aliphatic rings. The summed E-state index contributed by atoms with van der Waals surface area (Å²) in [5, 5.41) is 1.08. The minimum Gasteiger partial charge on any atom is -0.306 e. The molecule has 67 heavy (non-hydrogen) atoms. The van der Waals surface area contributed by atoms with E-state index in [4.69, 9.17) is 9.97 Å². The first-order valence-corrected chi connectivity index (χ1v) is 22.8. The fraction of sp³-hybridized carbons (Fsp3) is 0. The Balaban J connectivity index is 1.06. The molecule has 0 radical (unpaired) electrons. The van der Waals surface area contributed by atoms with Gasteiger partial charge in [-0.3, -0.25) is 0 Å². The molecule has 0 atom stereocenters. The molecule has 0 saturated carbocycles. The third-order valence-electron chi connectivity index (χ3n) is 12.7. The highest BCUT2D eigenvalue weighted by molar-refractivity contribution is 6.11. The molecule has 0 fully saturated rings. The molecular weight excluding hydrogens is 811 g/mol. The molecular formula is C64H43N3. The van der Waals surface area contributed by atoms with Crippen molar-refractivity contribution in [2.45, 2.75) is 0 Å². The van der Waals surface area contributed by atoms with Crippen LogP contribution in [0.4, 0.5) is 0 Å². The Morgan fingerprint density at radius 3 is 1.12 bits per heavy atom. The predicted molar refractivity (Wildman–Crippen MR) is 280 cm³/mol. The van der Waals surface area contributed by atoms with Gasteiger partial charge in [0, 0.05) is 22.2 Å². The Morgan fingerprint density at radius 2 is 0.597 bits per heavy atom. The van der Waals surface area contributed by atoms with E-state index in [1.807, 2.05) is 0 Å². The van der Waals surface area contributed by atoms with E-state index in [-0.39, 0.29) is 0 Å². The second-order valence-corrected chi connectivity index (χ2v) is 17.0. The minimum atomic E-state index is 0.674. The van der Waals surface area contributed by atoms with E-state index < -0.39 is 0 Å². The number of nitrogens with zero attached hydrogens (tertiary/aromatic N) is 3. The summed E-state index contributed by atoms with van der Waals surface area (Å²) in [6.45, 7) is 0. The summed E-state index contributed by atoms with van der Waals surface area (Å²) in [6, 6.07) is 93.2. The van der Waals surface area contributed by atoms with Gasteiger partial charge in [-0.1, -0.05) is 194 Å².